The second-order valence-corrected chi connectivity index (χ2v) is 7.01. The molecule has 0 amide bonds. The monoisotopic (exact) mass is 355 g/mol. The predicted molar refractivity (Wildman–Crippen MR) is 110 cm³/mol. The molecule has 27 heavy (non-hydrogen) atoms. The SMILES string of the molecule is Cc1ccc(C)c2cc(-c3ccc(-c4ccc(C(=O)O)cc4)n3C)ccc12. The summed E-state index contributed by atoms with van der Waals surface area (Å²) in [6, 6.07) is 22.2. The summed E-state index contributed by atoms with van der Waals surface area (Å²) in [7, 11) is 2.04. The van der Waals surface area contributed by atoms with E-state index >= 15 is 0 Å². The van der Waals surface area contributed by atoms with Crippen LogP contribution in [0.1, 0.15) is 21.5 Å². The summed E-state index contributed by atoms with van der Waals surface area (Å²) in [5, 5.41) is 11.6. The Labute approximate surface area is 158 Å². The van der Waals surface area contributed by atoms with Crippen molar-refractivity contribution in [2.75, 3.05) is 0 Å². The molecule has 1 heterocycles. The van der Waals surface area contributed by atoms with Crippen LogP contribution in [-0.4, -0.2) is 15.6 Å². The fraction of sp³-hybridized carbons (Fsp3) is 0.125. The van der Waals surface area contributed by atoms with Crippen LogP contribution >= 0.6 is 0 Å². The van der Waals surface area contributed by atoms with Crippen molar-refractivity contribution in [2.45, 2.75) is 13.8 Å². The number of aromatic carboxylic acids is 1. The molecular formula is C24H21NO2. The van der Waals surface area contributed by atoms with E-state index in [4.69, 9.17) is 5.11 Å². The topological polar surface area (TPSA) is 42.2 Å². The predicted octanol–water partition coefficient (Wildman–Crippen LogP) is 5.83. The lowest BCUT2D eigenvalue weighted by molar-refractivity contribution is 0.0697. The van der Waals surface area contributed by atoms with Gasteiger partial charge in [0.05, 0.1) is 5.56 Å². The molecule has 1 aromatic heterocycles. The van der Waals surface area contributed by atoms with Gasteiger partial charge in [-0.25, -0.2) is 4.79 Å². The first kappa shape index (κ1) is 17.1. The number of fused-ring (bicyclic) bond motifs is 1. The highest BCUT2D eigenvalue weighted by molar-refractivity contribution is 5.92. The third-order valence-corrected chi connectivity index (χ3v) is 5.30. The summed E-state index contributed by atoms with van der Waals surface area (Å²) < 4.78 is 2.15. The van der Waals surface area contributed by atoms with Crippen LogP contribution in [0.25, 0.3) is 33.3 Å². The number of aryl methyl sites for hydroxylation is 2. The van der Waals surface area contributed by atoms with Crippen molar-refractivity contribution in [3.8, 4) is 22.5 Å². The van der Waals surface area contributed by atoms with Gasteiger partial charge in [-0.2, -0.15) is 0 Å². The Bertz CT molecular complexity index is 1170. The van der Waals surface area contributed by atoms with Crippen molar-refractivity contribution in [1.29, 1.82) is 0 Å². The Morgan fingerprint density at radius 1 is 0.741 bits per heavy atom. The van der Waals surface area contributed by atoms with Crippen LogP contribution < -0.4 is 0 Å². The van der Waals surface area contributed by atoms with Gasteiger partial charge in [-0.05, 0) is 77.2 Å². The first-order chi connectivity index (χ1) is 13.0. The van der Waals surface area contributed by atoms with Gasteiger partial charge in [0.15, 0.2) is 0 Å². The standard InChI is InChI=1S/C24H21NO2/c1-15-4-5-16(2)21-14-19(10-11-20(15)21)23-13-12-22(25(23)3)17-6-8-18(9-7-17)24(26)27/h4-14H,1-3H3,(H,26,27). The van der Waals surface area contributed by atoms with E-state index < -0.39 is 5.97 Å². The molecule has 0 aliphatic heterocycles. The minimum Gasteiger partial charge on any atom is -0.478 e. The third kappa shape index (κ3) is 2.91. The summed E-state index contributed by atoms with van der Waals surface area (Å²) in [4.78, 5) is 11.1. The van der Waals surface area contributed by atoms with E-state index in [1.165, 1.54) is 27.5 Å². The summed E-state index contributed by atoms with van der Waals surface area (Å²) in [5.41, 5.74) is 7.23. The molecule has 0 fully saturated rings. The van der Waals surface area contributed by atoms with Gasteiger partial charge in [-0.1, -0.05) is 36.4 Å². The largest absolute Gasteiger partial charge is 0.478 e. The van der Waals surface area contributed by atoms with Gasteiger partial charge in [0.2, 0.25) is 0 Å². The van der Waals surface area contributed by atoms with Gasteiger partial charge in [0, 0.05) is 18.4 Å². The van der Waals surface area contributed by atoms with Gasteiger partial charge >= 0.3 is 5.97 Å². The molecule has 3 heteroatoms. The number of benzene rings is 3. The number of carbonyl (C=O) groups is 1. The van der Waals surface area contributed by atoms with Crippen LogP contribution in [0.4, 0.5) is 0 Å². The highest BCUT2D eigenvalue weighted by Crippen LogP contribution is 2.31. The fourth-order valence-electron chi connectivity index (χ4n) is 3.68. The molecule has 0 saturated carbocycles. The zero-order chi connectivity index (χ0) is 19.1. The molecule has 0 radical (unpaired) electrons. The van der Waals surface area contributed by atoms with Gasteiger partial charge in [0.1, 0.15) is 0 Å². The van der Waals surface area contributed by atoms with Crippen LogP contribution in [0.2, 0.25) is 0 Å². The average Bonchev–Trinajstić information content (AvgIpc) is 3.06. The first-order valence-corrected chi connectivity index (χ1v) is 8.95. The normalized spacial score (nSPS) is 11.1. The molecule has 0 bridgehead atoms. The summed E-state index contributed by atoms with van der Waals surface area (Å²) in [5.74, 6) is -0.907. The molecule has 0 aliphatic rings. The maximum absolute atomic E-state index is 11.1. The lowest BCUT2D eigenvalue weighted by Crippen LogP contribution is -1.97. The zero-order valence-corrected chi connectivity index (χ0v) is 15.7. The third-order valence-electron chi connectivity index (χ3n) is 5.30. The molecule has 0 saturated heterocycles. The number of hydrogen-bond acceptors (Lipinski definition) is 1. The lowest BCUT2D eigenvalue weighted by Gasteiger charge is -2.11. The highest BCUT2D eigenvalue weighted by Gasteiger charge is 2.11. The maximum Gasteiger partial charge on any atom is 0.335 e. The van der Waals surface area contributed by atoms with Gasteiger partial charge in [-0.3, -0.25) is 0 Å². The van der Waals surface area contributed by atoms with Gasteiger partial charge in [-0.15, -0.1) is 0 Å². The second kappa shape index (κ2) is 6.44. The second-order valence-electron chi connectivity index (χ2n) is 7.01. The van der Waals surface area contributed by atoms with Crippen LogP contribution in [-0.2, 0) is 7.05 Å². The quantitative estimate of drug-likeness (QED) is 0.502. The summed E-state index contributed by atoms with van der Waals surface area (Å²) in [6.45, 7) is 4.29. The van der Waals surface area contributed by atoms with Crippen molar-refractivity contribution >= 4 is 16.7 Å². The minimum absolute atomic E-state index is 0.300. The zero-order valence-electron chi connectivity index (χ0n) is 15.7. The van der Waals surface area contributed by atoms with E-state index in [9.17, 15) is 4.79 Å². The molecule has 1 N–H and O–H groups in total. The van der Waals surface area contributed by atoms with Crippen molar-refractivity contribution in [3.05, 3.63) is 83.4 Å². The van der Waals surface area contributed by atoms with Crippen LogP contribution in [0.3, 0.4) is 0 Å². The number of carboxylic acid groups (broad SMARTS) is 1. The van der Waals surface area contributed by atoms with E-state index in [-0.39, 0.29) is 0 Å². The molecule has 0 spiro atoms. The van der Waals surface area contributed by atoms with Crippen molar-refractivity contribution in [1.82, 2.24) is 4.57 Å². The molecule has 4 rings (SSSR count). The van der Waals surface area contributed by atoms with Crippen molar-refractivity contribution in [3.63, 3.8) is 0 Å². The van der Waals surface area contributed by atoms with Gasteiger partial charge < -0.3 is 9.67 Å². The smallest absolute Gasteiger partial charge is 0.335 e. The Morgan fingerprint density at radius 2 is 1.30 bits per heavy atom. The number of aromatic nitrogens is 1. The average molecular weight is 355 g/mol. The van der Waals surface area contributed by atoms with Gasteiger partial charge in [0.25, 0.3) is 0 Å². The number of carboxylic acids is 1. The Morgan fingerprint density at radius 3 is 1.93 bits per heavy atom. The van der Waals surface area contributed by atoms with E-state index in [1.54, 1.807) is 12.1 Å². The molecule has 3 nitrogen and oxygen atoms in total. The number of hydrogen-bond donors (Lipinski definition) is 1. The Balaban J connectivity index is 1.79. The molecule has 3 aromatic carbocycles. The fourth-order valence-corrected chi connectivity index (χ4v) is 3.68. The Hall–Kier alpha value is -3.33. The van der Waals surface area contributed by atoms with Crippen LogP contribution in [0.15, 0.2) is 66.7 Å². The maximum atomic E-state index is 11.1. The van der Waals surface area contributed by atoms with E-state index in [0.29, 0.717) is 5.56 Å². The molecule has 0 aliphatic carbocycles. The molecule has 0 unspecified atom stereocenters. The van der Waals surface area contributed by atoms with Crippen LogP contribution in [0, 0.1) is 13.8 Å². The van der Waals surface area contributed by atoms with Crippen LogP contribution in [0.5, 0.6) is 0 Å². The minimum atomic E-state index is -0.907. The molecule has 4 aromatic rings. The van der Waals surface area contributed by atoms with E-state index in [0.717, 1.165) is 17.0 Å². The van der Waals surface area contributed by atoms with E-state index in [2.05, 4.69) is 60.9 Å². The number of rotatable bonds is 3. The highest BCUT2D eigenvalue weighted by atomic mass is 16.4. The van der Waals surface area contributed by atoms with Crippen molar-refractivity contribution < 1.29 is 9.90 Å². The molecular weight excluding hydrogens is 334 g/mol. The van der Waals surface area contributed by atoms with E-state index in [1.807, 2.05) is 19.2 Å². The van der Waals surface area contributed by atoms with Crippen molar-refractivity contribution in [2.24, 2.45) is 7.05 Å². The number of nitrogens with zero attached hydrogens (tertiary/aromatic N) is 1. The molecule has 134 valence electrons. The first-order valence-electron chi connectivity index (χ1n) is 8.95. The summed E-state index contributed by atoms with van der Waals surface area (Å²) in [6.07, 6.45) is 0. The Kier molecular flexibility index (Phi) is 4.08. The summed E-state index contributed by atoms with van der Waals surface area (Å²) >= 11 is 0. The molecule has 0 atom stereocenters. The lowest BCUT2D eigenvalue weighted by atomic mass is 9.98.